The molecule has 0 fully saturated rings. The largest absolute Gasteiger partial charge is 0.489 e. The van der Waals surface area contributed by atoms with E-state index in [1.807, 2.05) is 86.6 Å². The molecular formula is C34H35NO5. The third kappa shape index (κ3) is 6.02. The van der Waals surface area contributed by atoms with Gasteiger partial charge in [0.2, 0.25) is 0 Å². The molecule has 5 rings (SSSR count). The smallest absolute Gasteiger partial charge is 0.336 e. The van der Waals surface area contributed by atoms with E-state index in [4.69, 9.17) is 14.2 Å². The van der Waals surface area contributed by atoms with Gasteiger partial charge in [-0.15, -0.1) is 0 Å². The highest BCUT2D eigenvalue weighted by Crippen LogP contribution is 2.47. The molecule has 6 nitrogen and oxygen atoms in total. The quantitative estimate of drug-likeness (QED) is 0.245. The Morgan fingerprint density at radius 2 is 1.60 bits per heavy atom. The highest BCUT2D eigenvalue weighted by molar-refractivity contribution is 6.04. The van der Waals surface area contributed by atoms with Crippen LogP contribution in [0.4, 0.5) is 0 Å². The van der Waals surface area contributed by atoms with Gasteiger partial charge in [0.05, 0.1) is 18.1 Å². The summed E-state index contributed by atoms with van der Waals surface area (Å²) in [6.07, 6.45) is 1.05. The molecule has 1 heterocycles. The van der Waals surface area contributed by atoms with Crippen LogP contribution in [0, 0.1) is 0 Å². The number of rotatable bonds is 10. The summed E-state index contributed by atoms with van der Waals surface area (Å²) < 4.78 is 17.3. The molecule has 0 amide bonds. The SMILES string of the molecule is CCOCCOC(=O)C1=C(C)NC2=C(C(=O)C[C@@H](c3ccccc3)C2)[C@@H]1c1ccccc1OCc1ccccc1. The second kappa shape index (κ2) is 12.8. The first-order valence-corrected chi connectivity index (χ1v) is 13.9. The van der Waals surface area contributed by atoms with Crippen LogP contribution in [0.5, 0.6) is 5.75 Å². The van der Waals surface area contributed by atoms with E-state index in [9.17, 15) is 9.59 Å². The minimum absolute atomic E-state index is 0.0255. The molecule has 0 saturated heterocycles. The minimum Gasteiger partial charge on any atom is -0.489 e. The maximum atomic E-state index is 13.9. The van der Waals surface area contributed by atoms with Gasteiger partial charge in [-0.1, -0.05) is 78.9 Å². The van der Waals surface area contributed by atoms with Crippen LogP contribution < -0.4 is 10.1 Å². The van der Waals surface area contributed by atoms with Crippen molar-refractivity contribution in [2.45, 2.75) is 45.1 Å². The molecule has 6 heteroatoms. The number of benzene rings is 3. The maximum absolute atomic E-state index is 13.9. The number of carbonyl (C=O) groups excluding carboxylic acids is 2. The summed E-state index contributed by atoms with van der Waals surface area (Å²) in [7, 11) is 0. The predicted octanol–water partition coefficient (Wildman–Crippen LogP) is 6.21. The second-order valence-corrected chi connectivity index (χ2v) is 10.1. The average molecular weight is 538 g/mol. The highest BCUT2D eigenvalue weighted by Gasteiger charge is 2.42. The van der Waals surface area contributed by atoms with E-state index in [0.717, 1.165) is 22.4 Å². The standard InChI is InChI=1S/C34H35NO5/c1-3-38-18-19-39-34(37)31-23(2)35-28-20-26(25-14-8-5-9-15-25)21-29(36)33(28)32(31)27-16-10-11-17-30(27)40-22-24-12-6-4-7-13-24/h4-17,26,32,35H,3,18-22H2,1-2H3/t26-,32+/m0/s1. The summed E-state index contributed by atoms with van der Waals surface area (Å²) in [5.41, 5.74) is 5.53. The number of hydrogen-bond acceptors (Lipinski definition) is 6. The predicted molar refractivity (Wildman–Crippen MR) is 154 cm³/mol. The maximum Gasteiger partial charge on any atom is 0.336 e. The van der Waals surface area contributed by atoms with Crippen LogP contribution >= 0.6 is 0 Å². The molecule has 40 heavy (non-hydrogen) atoms. The van der Waals surface area contributed by atoms with Gasteiger partial charge in [-0.05, 0) is 43.4 Å². The Morgan fingerprint density at radius 1 is 0.900 bits per heavy atom. The summed E-state index contributed by atoms with van der Waals surface area (Å²) in [6, 6.07) is 27.7. The average Bonchev–Trinajstić information content (AvgIpc) is 2.98. The Balaban J connectivity index is 1.53. The summed E-state index contributed by atoms with van der Waals surface area (Å²) in [6.45, 7) is 5.14. The Labute approximate surface area is 235 Å². The molecule has 1 N–H and O–H groups in total. The Morgan fingerprint density at radius 3 is 2.35 bits per heavy atom. The van der Waals surface area contributed by atoms with Crippen LogP contribution in [0.2, 0.25) is 0 Å². The van der Waals surface area contributed by atoms with Crippen molar-refractivity contribution in [3.63, 3.8) is 0 Å². The Bertz CT molecular complexity index is 1410. The number of Topliss-reactive ketones (excluding diaryl/α,β-unsaturated/α-hetero) is 1. The Kier molecular flexibility index (Phi) is 8.77. The van der Waals surface area contributed by atoms with E-state index >= 15 is 0 Å². The molecule has 2 atom stereocenters. The second-order valence-electron chi connectivity index (χ2n) is 10.1. The van der Waals surface area contributed by atoms with Gasteiger partial charge >= 0.3 is 5.97 Å². The van der Waals surface area contributed by atoms with Crippen molar-refractivity contribution >= 4 is 11.8 Å². The van der Waals surface area contributed by atoms with Crippen molar-refractivity contribution in [1.29, 1.82) is 0 Å². The monoisotopic (exact) mass is 537 g/mol. The number of allylic oxidation sites excluding steroid dienone is 3. The van der Waals surface area contributed by atoms with Gasteiger partial charge in [-0.3, -0.25) is 4.79 Å². The van der Waals surface area contributed by atoms with Crippen LogP contribution in [-0.4, -0.2) is 31.6 Å². The minimum atomic E-state index is -0.605. The van der Waals surface area contributed by atoms with Gasteiger partial charge in [0.15, 0.2) is 5.78 Å². The Hall–Kier alpha value is -4.16. The highest BCUT2D eigenvalue weighted by atomic mass is 16.6. The number of hydrogen-bond donors (Lipinski definition) is 1. The van der Waals surface area contributed by atoms with E-state index in [-0.39, 0.29) is 18.3 Å². The van der Waals surface area contributed by atoms with Crippen molar-refractivity contribution < 1.29 is 23.8 Å². The lowest BCUT2D eigenvalue weighted by Crippen LogP contribution is -2.36. The first-order chi connectivity index (χ1) is 19.6. The van der Waals surface area contributed by atoms with Crippen molar-refractivity contribution in [1.82, 2.24) is 5.32 Å². The van der Waals surface area contributed by atoms with Crippen LogP contribution in [0.3, 0.4) is 0 Å². The van der Waals surface area contributed by atoms with Gasteiger partial charge in [-0.25, -0.2) is 4.79 Å². The van der Waals surface area contributed by atoms with Crippen molar-refractivity contribution in [2.75, 3.05) is 19.8 Å². The van der Waals surface area contributed by atoms with Crippen LogP contribution in [0.15, 0.2) is 107 Å². The molecule has 1 aliphatic heterocycles. The summed E-state index contributed by atoms with van der Waals surface area (Å²) in [5.74, 6) is -0.338. The molecule has 1 aliphatic carbocycles. The summed E-state index contributed by atoms with van der Waals surface area (Å²) >= 11 is 0. The molecule has 0 aromatic heterocycles. The van der Waals surface area contributed by atoms with E-state index in [1.165, 1.54) is 0 Å². The molecule has 0 spiro atoms. The van der Waals surface area contributed by atoms with Crippen LogP contribution in [-0.2, 0) is 25.7 Å². The van der Waals surface area contributed by atoms with E-state index in [2.05, 4.69) is 17.4 Å². The summed E-state index contributed by atoms with van der Waals surface area (Å²) in [5, 5.41) is 3.42. The van der Waals surface area contributed by atoms with E-state index in [0.29, 0.717) is 55.3 Å². The van der Waals surface area contributed by atoms with Crippen LogP contribution in [0.1, 0.15) is 55.2 Å². The molecule has 2 aliphatic rings. The molecule has 0 bridgehead atoms. The van der Waals surface area contributed by atoms with Crippen molar-refractivity contribution in [2.24, 2.45) is 0 Å². The first kappa shape index (κ1) is 27.4. The third-order valence-corrected chi connectivity index (χ3v) is 7.45. The normalized spacial score (nSPS) is 18.7. The zero-order valence-corrected chi connectivity index (χ0v) is 23.0. The summed E-state index contributed by atoms with van der Waals surface area (Å²) in [4.78, 5) is 27.5. The number of dihydropyridines is 1. The van der Waals surface area contributed by atoms with Gasteiger partial charge in [0.25, 0.3) is 0 Å². The fraction of sp³-hybridized carbons (Fsp3) is 0.294. The molecule has 0 radical (unpaired) electrons. The number of ether oxygens (including phenoxy) is 3. The molecular weight excluding hydrogens is 502 g/mol. The number of carbonyl (C=O) groups is 2. The topological polar surface area (TPSA) is 73.9 Å². The zero-order valence-electron chi connectivity index (χ0n) is 23.0. The van der Waals surface area contributed by atoms with E-state index < -0.39 is 11.9 Å². The fourth-order valence-electron chi connectivity index (χ4n) is 5.58. The first-order valence-electron chi connectivity index (χ1n) is 13.9. The van der Waals surface area contributed by atoms with E-state index in [1.54, 1.807) is 0 Å². The fourth-order valence-corrected chi connectivity index (χ4v) is 5.58. The van der Waals surface area contributed by atoms with Crippen LogP contribution in [0.25, 0.3) is 0 Å². The molecule has 0 unspecified atom stereocenters. The number of nitrogens with one attached hydrogen (secondary N) is 1. The molecule has 206 valence electrons. The van der Waals surface area contributed by atoms with Gasteiger partial charge in [0.1, 0.15) is 19.0 Å². The van der Waals surface area contributed by atoms with Gasteiger partial charge < -0.3 is 19.5 Å². The third-order valence-electron chi connectivity index (χ3n) is 7.45. The number of para-hydroxylation sites is 1. The molecule has 0 saturated carbocycles. The van der Waals surface area contributed by atoms with Crippen molar-refractivity contribution in [3.8, 4) is 5.75 Å². The lowest BCUT2D eigenvalue weighted by atomic mass is 9.71. The van der Waals surface area contributed by atoms with Gasteiger partial charge in [0, 0.05) is 35.6 Å². The lowest BCUT2D eigenvalue weighted by molar-refractivity contribution is -0.140. The number of ketones is 1. The molecule has 3 aromatic rings. The zero-order chi connectivity index (χ0) is 27.9. The number of esters is 1. The van der Waals surface area contributed by atoms with Gasteiger partial charge in [-0.2, -0.15) is 0 Å². The van der Waals surface area contributed by atoms with Crippen molar-refractivity contribution in [3.05, 3.63) is 124 Å². The molecule has 3 aromatic carbocycles. The lowest BCUT2D eigenvalue weighted by Gasteiger charge is -2.37.